The van der Waals surface area contributed by atoms with Crippen molar-refractivity contribution in [3.05, 3.63) is 11.4 Å². The monoisotopic (exact) mass is 297 g/mol. The molecule has 20 heavy (non-hydrogen) atoms. The van der Waals surface area contributed by atoms with Gasteiger partial charge in [0.05, 0.1) is 0 Å². The summed E-state index contributed by atoms with van der Waals surface area (Å²) in [5, 5.41) is 4.52. The van der Waals surface area contributed by atoms with Crippen LogP contribution in [0.15, 0.2) is 5.03 Å². The molecule has 5 heteroatoms. The highest BCUT2D eigenvalue weighted by atomic mass is 32.2. The first-order valence-electron chi connectivity index (χ1n) is 7.46. The van der Waals surface area contributed by atoms with Crippen molar-refractivity contribution in [3.8, 4) is 0 Å². The minimum atomic E-state index is 0.805. The fourth-order valence-electron chi connectivity index (χ4n) is 1.80. The maximum Gasteiger partial charge on any atom is 0.133 e. The van der Waals surface area contributed by atoms with Crippen LogP contribution >= 0.6 is 11.8 Å². The largest absolute Gasteiger partial charge is 0.385 e. The SMILES string of the molecule is CCCNc1nc(CCC)nc(SCCCOC)c1C. The summed E-state index contributed by atoms with van der Waals surface area (Å²) in [6.07, 6.45) is 4.16. The highest BCUT2D eigenvalue weighted by Gasteiger charge is 2.10. The van der Waals surface area contributed by atoms with Gasteiger partial charge in [-0.15, -0.1) is 11.8 Å². The minimum absolute atomic E-state index is 0.805. The van der Waals surface area contributed by atoms with Crippen LogP contribution in [0.5, 0.6) is 0 Å². The van der Waals surface area contributed by atoms with E-state index < -0.39 is 0 Å². The van der Waals surface area contributed by atoms with E-state index in [9.17, 15) is 0 Å². The van der Waals surface area contributed by atoms with E-state index in [0.29, 0.717) is 0 Å². The summed E-state index contributed by atoms with van der Waals surface area (Å²) in [4.78, 5) is 9.34. The predicted molar refractivity (Wildman–Crippen MR) is 86.8 cm³/mol. The molecule has 0 radical (unpaired) electrons. The highest BCUT2D eigenvalue weighted by molar-refractivity contribution is 7.99. The van der Waals surface area contributed by atoms with Gasteiger partial charge in [0.15, 0.2) is 0 Å². The number of ether oxygens (including phenoxy) is 1. The van der Waals surface area contributed by atoms with Crippen molar-refractivity contribution < 1.29 is 4.74 Å². The van der Waals surface area contributed by atoms with Gasteiger partial charge in [-0.25, -0.2) is 9.97 Å². The number of methoxy groups -OCH3 is 1. The minimum Gasteiger partial charge on any atom is -0.385 e. The molecule has 1 rings (SSSR count). The molecule has 0 spiro atoms. The lowest BCUT2D eigenvalue weighted by atomic mass is 10.3. The molecule has 0 bridgehead atoms. The lowest BCUT2D eigenvalue weighted by Gasteiger charge is -2.13. The molecule has 0 aliphatic heterocycles. The van der Waals surface area contributed by atoms with Crippen LogP contribution in [-0.4, -0.2) is 36.0 Å². The Labute approximate surface area is 127 Å². The first kappa shape index (κ1) is 17.2. The van der Waals surface area contributed by atoms with Crippen LogP contribution < -0.4 is 5.32 Å². The number of nitrogens with one attached hydrogen (secondary N) is 1. The summed E-state index contributed by atoms with van der Waals surface area (Å²) in [7, 11) is 1.74. The summed E-state index contributed by atoms with van der Waals surface area (Å²) >= 11 is 1.80. The quantitative estimate of drug-likeness (QED) is 0.405. The van der Waals surface area contributed by atoms with E-state index >= 15 is 0 Å². The van der Waals surface area contributed by atoms with E-state index in [1.165, 1.54) is 5.56 Å². The summed E-state index contributed by atoms with van der Waals surface area (Å²) in [5.74, 6) is 2.98. The molecule has 1 N–H and O–H groups in total. The molecule has 0 atom stereocenters. The number of anilines is 1. The van der Waals surface area contributed by atoms with Gasteiger partial charge < -0.3 is 10.1 Å². The molecule has 0 aromatic carbocycles. The third-order valence-electron chi connectivity index (χ3n) is 2.90. The molecule has 1 heterocycles. The van der Waals surface area contributed by atoms with Crippen LogP contribution in [0.1, 0.15) is 44.5 Å². The van der Waals surface area contributed by atoms with Crippen molar-refractivity contribution in [1.29, 1.82) is 0 Å². The fourth-order valence-corrected chi connectivity index (χ4v) is 2.74. The Morgan fingerprint density at radius 3 is 2.65 bits per heavy atom. The molecule has 0 fully saturated rings. The van der Waals surface area contributed by atoms with E-state index in [-0.39, 0.29) is 0 Å². The average Bonchev–Trinajstić information content (AvgIpc) is 2.45. The van der Waals surface area contributed by atoms with Gasteiger partial charge in [0.2, 0.25) is 0 Å². The van der Waals surface area contributed by atoms with Gasteiger partial charge in [0.25, 0.3) is 0 Å². The summed E-state index contributed by atoms with van der Waals surface area (Å²) in [6, 6.07) is 0. The van der Waals surface area contributed by atoms with Crippen LogP contribution in [0.3, 0.4) is 0 Å². The Kier molecular flexibility index (Phi) is 8.62. The summed E-state index contributed by atoms with van der Waals surface area (Å²) in [6.45, 7) is 8.19. The molecule has 1 aromatic rings. The van der Waals surface area contributed by atoms with Crippen LogP contribution in [0.4, 0.5) is 5.82 Å². The summed E-state index contributed by atoms with van der Waals surface area (Å²) in [5.41, 5.74) is 1.17. The van der Waals surface area contributed by atoms with Crippen molar-refractivity contribution in [2.75, 3.05) is 31.3 Å². The Hall–Kier alpha value is -0.810. The second-order valence-electron chi connectivity index (χ2n) is 4.79. The van der Waals surface area contributed by atoms with E-state index in [4.69, 9.17) is 9.72 Å². The Bertz CT molecular complexity index is 399. The maximum atomic E-state index is 5.09. The second kappa shape index (κ2) is 10.00. The number of rotatable bonds is 10. The second-order valence-corrected chi connectivity index (χ2v) is 5.87. The van der Waals surface area contributed by atoms with Gasteiger partial charge >= 0.3 is 0 Å². The number of hydrogen-bond donors (Lipinski definition) is 1. The van der Waals surface area contributed by atoms with Crippen LogP contribution in [0, 0.1) is 6.92 Å². The molecule has 0 aliphatic rings. The van der Waals surface area contributed by atoms with Gasteiger partial charge in [-0.1, -0.05) is 13.8 Å². The molecule has 0 amide bonds. The van der Waals surface area contributed by atoms with Gasteiger partial charge in [0.1, 0.15) is 16.7 Å². The summed E-state index contributed by atoms with van der Waals surface area (Å²) < 4.78 is 5.09. The van der Waals surface area contributed by atoms with E-state index in [1.807, 2.05) is 0 Å². The van der Waals surface area contributed by atoms with E-state index in [0.717, 1.165) is 61.3 Å². The lowest BCUT2D eigenvalue weighted by molar-refractivity contribution is 0.200. The normalized spacial score (nSPS) is 10.8. The average molecular weight is 297 g/mol. The molecule has 4 nitrogen and oxygen atoms in total. The van der Waals surface area contributed by atoms with E-state index in [2.05, 4.69) is 31.1 Å². The van der Waals surface area contributed by atoms with Crippen LogP contribution in [0.2, 0.25) is 0 Å². The number of hydrogen-bond acceptors (Lipinski definition) is 5. The molecule has 0 saturated heterocycles. The van der Waals surface area contributed by atoms with Gasteiger partial charge in [-0.2, -0.15) is 0 Å². The first-order valence-corrected chi connectivity index (χ1v) is 8.44. The Balaban J connectivity index is 2.80. The predicted octanol–water partition coefficient (Wildman–Crippen LogP) is 3.69. The molecule has 0 saturated carbocycles. The zero-order chi connectivity index (χ0) is 14.8. The topological polar surface area (TPSA) is 47.0 Å². The molecule has 114 valence electrons. The van der Waals surface area contributed by atoms with Crippen molar-refractivity contribution >= 4 is 17.6 Å². The zero-order valence-corrected chi connectivity index (χ0v) is 14.0. The van der Waals surface area contributed by atoms with Crippen molar-refractivity contribution in [2.24, 2.45) is 0 Å². The van der Waals surface area contributed by atoms with E-state index in [1.54, 1.807) is 18.9 Å². The third-order valence-corrected chi connectivity index (χ3v) is 4.06. The van der Waals surface area contributed by atoms with Gasteiger partial charge in [0, 0.05) is 38.0 Å². The fraction of sp³-hybridized carbons (Fsp3) is 0.733. The number of aryl methyl sites for hydroxylation is 1. The maximum absolute atomic E-state index is 5.09. The van der Waals surface area contributed by atoms with Crippen LogP contribution in [-0.2, 0) is 11.2 Å². The third kappa shape index (κ3) is 5.67. The van der Waals surface area contributed by atoms with Crippen LogP contribution in [0.25, 0.3) is 0 Å². The Morgan fingerprint density at radius 2 is 2.00 bits per heavy atom. The van der Waals surface area contributed by atoms with Crippen molar-refractivity contribution in [1.82, 2.24) is 9.97 Å². The number of aromatic nitrogens is 2. The number of thioether (sulfide) groups is 1. The standard InChI is InChI=1S/C15H27N3OS/c1-5-8-13-17-14(16-9-6-2)12(3)15(18-13)20-11-7-10-19-4/h5-11H2,1-4H3,(H,16,17,18). The first-order chi connectivity index (χ1) is 9.72. The van der Waals surface area contributed by atoms with Gasteiger partial charge in [-0.3, -0.25) is 0 Å². The molecular weight excluding hydrogens is 270 g/mol. The molecule has 1 aromatic heterocycles. The molecule has 0 aliphatic carbocycles. The smallest absolute Gasteiger partial charge is 0.133 e. The van der Waals surface area contributed by atoms with Crippen molar-refractivity contribution in [3.63, 3.8) is 0 Å². The molecular formula is C15H27N3OS. The lowest BCUT2D eigenvalue weighted by Crippen LogP contribution is -2.09. The highest BCUT2D eigenvalue weighted by Crippen LogP contribution is 2.26. The van der Waals surface area contributed by atoms with Gasteiger partial charge in [-0.05, 0) is 26.2 Å². The zero-order valence-electron chi connectivity index (χ0n) is 13.2. The molecule has 0 unspecified atom stereocenters. The Morgan fingerprint density at radius 1 is 1.20 bits per heavy atom. The van der Waals surface area contributed by atoms with Crippen molar-refractivity contribution in [2.45, 2.75) is 51.5 Å². The number of nitrogens with zero attached hydrogens (tertiary/aromatic N) is 2.